The molecule has 0 amide bonds. The number of carbonyl (C=O) groups is 3. The molecule has 5 atom stereocenters. The lowest BCUT2D eigenvalue weighted by molar-refractivity contribution is -0.160. The van der Waals surface area contributed by atoms with Crippen molar-refractivity contribution in [1.82, 2.24) is 0 Å². The topological polar surface area (TPSA) is 80.7 Å². The first-order valence-corrected chi connectivity index (χ1v) is 13.1. The SMILES string of the molecule is COC(=O)C[C@]1(C)CCC2(C)CC[C@]3(C)c4ccc5c(c4=C(C)C(=O)[C@@]3(C)C2C1)=CC(=O)C(O)=C5C. The van der Waals surface area contributed by atoms with Gasteiger partial charge >= 0.3 is 5.97 Å². The number of allylic oxidation sites excluding steroid dienone is 2. The number of methoxy groups -OCH3 is 1. The minimum absolute atomic E-state index is 0.0265. The average molecular weight is 491 g/mol. The van der Waals surface area contributed by atoms with E-state index in [1.54, 1.807) is 6.92 Å². The molecule has 36 heavy (non-hydrogen) atoms. The van der Waals surface area contributed by atoms with Crippen LogP contribution in [0.4, 0.5) is 0 Å². The van der Waals surface area contributed by atoms with E-state index in [1.165, 1.54) is 13.2 Å². The third-order valence-corrected chi connectivity index (χ3v) is 11.0. The van der Waals surface area contributed by atoms with E-state index in [2.05, 4.69) is 33.8 Å². The van der Waals surface area contributed by atoms with Crippen LogP contribution in [-0.4, -0.2) is 29.8 Å². The van der Waals surface area contributed by atoms with Gasteiger partial charge in [-0.3, -0.25) is 14.4 Å². The van der Waals surface area contributed by atoms with E-state index in [0.29, 0.717) is 17.6 Å². The lowest BCUT2D eigenvalue weighted by Gasteiger charge is -2.65. The Labute approximate surface area is 213 Å². The van der Waals surface area contributed by atoms with Gasteiger partial charge in [0.2, 0.25) is 5.78 Å². The first-order chi connectivity index (χ1) is 16.7. The molecule has 0 aromatic heterocycles. The van der Waals surface area contributed by atoms with Gasteiger partial charge in [0.05, 0.1) is 13.5 Å². The average Bonchev–Trinajstić information content (AvgIpc) is 2.84. The minimum atomic E-state index is -0.630. The highest BCUT2D eigenvalue weighted by Crippen LogP contribution is 2.68. The Bertz CT molecular complexity index is 1380. The fraction of sp³-hybridized carbons (Fsp3) is 0.581. The molecular weight excluding hydrogens is 452 g/mol. The molecule has 1 aromatic rings. The maximum Gasteiger partial charge on any atom is 0.306 e. The van der Waals surface area contributed by atoms with Gasteiger partial charge in [-0.25, -0.2) is 0 Å². The number of ether oxygens (including phenoxy) is 1. The number of esters is 1. The quantitative estimate of drug-likeness (QED) is 0.617. The summed E-state index contributed by atoms with van der Waals surface area (Å²) < 4.78 is 5.03. The predicted octanol–water partition coefficient (Wildman–Crippen LogP) is 4.53. The van der Waals surface area contributed by atoms with Crippen LogP contribution in [0.2, 0.25) is 0 Å². The number of hydrogen-bond donors (Lipinski definition) is 1. The highest BCUT2D eigenvalue weighted by Gasteiger charge is 2.66. The van der Waals surface area contributed by atoms with Gasteiger partial charge in [-0.2, -0.15) is 0 Å². The molecule has 5 nitrogen and oxygen atoms in total. The number of fused-ring (bicyclic) bond motifs is 7. The second-order valence-electron chi connectivity index (χ2n) is 12.9. The molecule has 0 spiro atoms. The van der Waals surface area contributed by atoms with Crippen LogP contribution in [0.15, 0.2) is 17.9 Å². The molecule has 0 heterocycles. The summed E-state index contributed by atoms with van der Waals surface area (Å²) in [6, 6.07) is 4.13. The van der Waals surface area contributed by atoms with Crippen molar-refractivity contribution >= 4 is 34.8 Å². The normalized spacial score (nSPS) is 37.4. The summed E-state index contributed by atoms with van der Waals surface area (Å²) in [5.41, 5.74) is 1.98. The van der Waals surface area contributed by atoms with Gasteiger partial charge in [0.25, 0.3) is 0 Å². The maximum absolute atomic E-state index is 14.6. The van der Waals surface area contributed by atoms with E-state index in [4.69, 9.17) is 4.74 Å². The summed E-state index contributed by atoms with van der Waals surface area (Å²) in [6.45, 7) is 12.6. The Hall–Kier alpha value is -2.69. The van der Waals surface area contributed by atoms with Gasteiger partial charge in [-0.1, -0.05) is 39.8 Å². The van der Waals surface area contributed by atoms with Crippen molar-refractivity contribution in [2.45, 2.75) is 85.5 Å². The lowest BCUT2D eigenvalue weighted by Crippen LogP contribution is -2.66. The minimum Gasteiger partial charge on any atom is -0.504 e. The van der Waals surface area contributed by atoms with Crippen LogP contribution in [-0.2, 0) is 24.5 Å². The molecule has 2 fully saturated rings. The molecule has 4 aliphatic carbocycles. The Morgan fingerprint density at radius 2 is 1.69 bits per heavy atom. The van der Waals surface area contributed by atoms with Gasteiger partial charge < -0.3 is 9.84 Å². The Kier molecular flexibility index (Phi) is 5.31. The molecule has 192 valence electrons. The summed E-state index contributed by atoms with van der Waals surface area (Å²) in [5.74, 6) is -0.545. The van der Waals surface area contributed by atoms with Crippen LogP contribution in [0.1, 0.15) is 91.2 Å². The number of hydrogen-bond acceptors (Lipinski definition) is 5. The van der Waals surface area contributed by atoms with Crippen LogP contribution in [0, 0.1) is 22.2 Å². The van der Waals surface area contributed by atoms with Gasteiger partial charge in [-0.15, -0.1) is 0 Å². The molecule has 0 bridgehead atoms. The molecule has 5 heteroatoms. The number of benzene rings is 1. The highest BCUT2D eigenvalue weighted by atomic mass is 16.5. The van der Waals surface area contributed by atoms with Crippen molar-refractivity contribution in [1.29, 1.82) is 0 Å². The molecule has 4 aliphatic rings. The summed E-state index contributed by atoms with van der Waals surface area (Å²) in [6.07, 6.45) is 6.54. The third kappa shape index (κ3) is 3.04. The van der Waals surface area contributed by atoms with Gasteiger partial charge in [0, 0.05) is 22.0 Å². The van der Waals surface area contributed by atoms with Crippen molar-refractivity contribution in [2.75, 3.05) is 7.11 Å². The van der Waals surface area contributed by atoms with E-state index < -0.39 is 16.6 Å². The fourth-order valence-electron chi connectivity index (χ4n) is 8.36. The van der Waals surface area contributed by atoms with Crippen molar-refractivity contribution in [3.63, 3.8) is 0 Å². The lowest BCUT2D eigenvalue weighted by atomic mass is 9.37. The van der Waals surface area contributed by atoms with E-state index >= 15 is 0 Å². The molecule has 0 radical (unpaired) electrons. The smallest absolute Gasteiger partial charge is 0.306 e. The van der Waals surface area contributed by atoms with Crippen LogP contribution in [0.3, 0.4) is 0 Å². The number of Topliss-reactive ketones (excluding diaryl/α,β-unsaturated/α-hetero) is 2. The zero-order valence-corrected chi connectivity index (χ0v) is 22.6. The van der Waals surface area contributed by atoms with Crippen LogP contribution < -0.4 is 10.4 Å². The molecule has 0 saturated heterocycles. The van der Waals surface area contributed by atoms with E-state index in [1.807, 2.05) is 13.0 Å². The summed E-state index contributed by atoms with van der Waals surface area (Å²) in [4.78, 5) is 39.4. The van der Waals surface area contributed by atoms with Gasteiger partial charge in [-0.05, 0) is 90.3 Å². The van der Waals surface area contributed by atoms with Crippen molar-refractivity contribution in [3.05, 3.63) is 39.5 Å². The third-order valence-electron chi connectivity index (χ3n) is 11.0. The van der Waals surface area contributed by atoms with E-state index in [-0.39, 0.29) is 34.3 Å². The second kappa shape index (κ2) is 7.66. The molecular formula is C31H38O5. The zero-order chi connectivity index (χ0) is 26.4. The molecule has 0 aliphatic heterocycles. The van der Waals surface area contributed by atoms with E-state index in [0.717, 1.165) is 53.7 Å². The van der Waals surface area contributed by atoms with Crippen molar-refractivity contribution in [2.24, 2.45) is 22.2 Å². The van der Waals surface area contributed by atoms with Crippen LogP contribution in [0.25, 0.3) is 17.2 Å². The summed E-state index contributed by atoms with van der Waals surface area (Å²) >= 11 is 0. The standard InChI is InChI=1S/C31H38O5/c1-17-19-8-9-21-25(20(19)14-22(32)26(17)34)18(2)27(35)31(6)23-15-28(3,16-24(33)36-7)10-11-29(23,4)12-13-30(21,31)5/h8-9,14,23,34H,10-13,15-16H2,1-7H3/t23?,28-,29?,30-,31-/m1/s1. The Morgan fingerprint density at radius 3 is 2.36 bits per heavy atom. The Morgan fingerprint density at radius 1 is 1.03 bits per heavy atom. The molecule has 1 aromatic carbocycles. The number of aliphatic hydroxyl groups excluding tert-OH is 1. The van der Waals surface area contributed by atoms with Crippen molar-refractivity contribution in [3.8, 4) is 0 Å². The maximum atomic E-state index is 14.6. The van der Waals surface area contributed by atoms with Crippen molar-refractivity contribution < 1.29 is 24.2 Å². The number of aliphatic hydroxyl groups is 1. The van der Waals surface area contributed by atoms with Gasteiger partial charge in [0.1, 0.15) is 0 Å². The summed E-state index contributed by atoms with van der Waals surface area (Å²) in [5, 5.41) is 11.9. The fourth-order valence-corrected chi connectivity index (χ4v) is 8.36. The van der Waals surface area contributed by atoms with E-state index in [9.17, 15) is 19.5 Å². The highest BCUT2D eigenvalue weighted by molar-refractivity contribution is 6.22. The molecule has 5 rings (SSSR count). The number of rotatable bonds is 2. The first kappa shape index (κ1) is 25.0. The largest absolute Gasteiger partial charge is 0.504 e. The summed E-state index contributed by atoms with van der Waals surface area (Å²) in [7, 11) is 1.44. The zero-order valence-electron chi connectivity index (χ0n) is 22.6. The predicted molar refractivity (Wildman–Crippen MR) is 139 cm³/mol. The molecule has 1 N–H and O–H groups in total. The molecule has 2 unspecified atom stereocenters. The first-order valence-electron chi connectivity index (χ1n) is 13.1. The number of ketones is 2. The van der Waals surface area contributed by atoms with Crippen LogP contribution >= 0.6 is 0 Å². The van der Waals surface area contributed by atoms with Gasteiger partial charge in [0.15, 0.2) is 11.5 Å². The number of carbonyl (C=O) groups excluding carboxylic acids is 3. The Balaban J connectivity index is 1.73. The second-order valence-corrected chi connectivity index (χ2v) is 12.9. The van der Waals surface area contributed by atoms with Crippen LogP contribution in [0.5, 0.6) is 0 Å². The molecule has 2 saturated carbocycles. The monoisotopic (exact) mass is 490 g/mol.